The Kier molecular flexibility index (Phi) is 3.57. The van der Waals surface area contributed by atoms with Crippen molar-refractivity contribution in [3.05, 3.63) is 46.1 Å². The lowest BCUT2D eigenvalue weighted by atomic mass is 10.1. The Balaban J connectivity index is 2.57. The number of carbonyl (C=O) groups is 1. The maximum atomic E-state index is 11.1. The second-order valence-electron chi connectivity index (χ2n) is 4.12. The highest BCUT2D eigenvalue weighted by atomic mass is 79.9. The summed E-state index contributed by atoms with van der Waals surface area (Å²) < 4.78 is 2.83. The number of aryl methyl sites for hydroxylation is 1. The minimum absolute atomic E-state index is 0.323. The lowest BCUT2D eigenvalue weighted by Gasteiger charge is -2.10. The molecule has 0 aliphatic carbocycles. The predicted octanol–water partition coefficient (Wildman–Crippen LogP) is 3.94. The maximum Gasteiger partial charge on any atom is 0.352 e. The highest BCUT2D eigenvalue weighted by molar-refractivity contribution is 9.10. The molecule has 0 spiro atoms. The van der Waals surface area contributed by atoms with Gasteiger partial charge in [0.05, 0.1) is 0 Å². The number of rotatable bonds is 3. The minimum atomic E-state index is -0.894. The van der Waals surface area contributed by atoms with Gasteiger partial charge in [0.1, 0.15) is 5.69 Å². The van der Waals surface area contributed by atoms with E-state index in [1.165, 1.54) is 0 Å². The molecule has 0 radical (unpaired) electrons. The first-order valence-corrected chi connectivity index (χ1v) is 6.53. The van der Waals surface area contributed by atoms with Gasteiger partial charge in [-0.25, -0.2) is 4.79 Å². The minimum Gasteiger partial charge on any atom is -0.477 e. The number of aromatic nitrogens is 1. The lowest BCUT2D eigenvalue weighted by molar-refractivity contribution is 0.0685. The molecule has 18 heavy (non-hydrogen) atoms. The molecule has 0 aliphatic heterocycles. The molecular weight excluding hydrogens is 294 g/mol. The summed E-state index contributed by atoms with van der Waals surface area (Å²) in [5.74, 6) is -0.894. The Morgan fingerprint density at radius 3 is 2.61 bits per heavy atom. The summed E-state index contributed by atoms with van der Waals surface area (Å²) in [6.07, 6.45) is 0. The molecule has 1 heterocycles. The van der Waals surface area contributed by atoms with E-state index in [1.807, 2.05) is 38.1 Å². The zero-order valence-electron chi connectivity index (χ0n) is 10.3. The Morgan fingerprint density at radius 1 is 1.33 bits per heavy atom. The van der Waals surface area contributed by atoms with E-state index in [9.17, 15) is 4.79 Å². The second kappa shape index (κ2) is 4.98. The molecule has 1 aromatic heterocycles. The van der Waals surface area contributed by atoms with Crippen LogP contribution < -0.4 is 0 Å². The van der Waals surface area contributed by atoms with Crippen LogP contribution in [0.4, 0.5) is 0 Å². The van der Waals surface area contributed by atoms with Gasteiger partial charge < -0.3 is 9.67 Å². The molecule has 0 saturated carbocycles. The van der Waals surface area contributed by atoms with Crippen molar-refractivity contribution in [3.63, 3.8) is 0 Å². The zero-order valence-corrected chi connectivity index (χ0v) is 11.9. The first-order chi connectivity index (χ1) is 8.54. The average molecular weight is 308 g/mol. The standard InChI is InChI=1S/C14H14BrNO2/c1-3-16-12(6-7-13(16)14(17)18)10-5-4-9(2)11(15)8-10/h4-8H,3H2,1-2H3,(H,17,18). The monoisotopic (exact) mass is 307 g/mol. The van der Waals surface area contributed by atoms with Crippen molar-refractivity contribution in [2.24, 2.45) is 0 Å². The molecular formula is C14H14BrNO2. The van der Waals surface area contributed by atoms with Crippen LogP contribution in [0.1, 0.15) is 23.0 Å². The smallest absolute Gasteiger partial charge is 0.352 e. The molecule has 0 saturated heterocycles. The number of hydrogen-bond donors (Lipinski definition) is 1. The molecule has 0 fully saturated rings. The number of aromatic carboxylic acids is 1. The van der Waals surface area contributed by atoms with Crippen LogP contribution in [0.5, 0.6) is 0 Å². The molecule has 0 amide bonds. The van der Waals surface area contributed by atoms with E-state index < -0.39 is 5.97 Å². The molecule has 3 nitrogen and oxygen atoms in total. The van der Waals surface area contributed by atoms with Crippen molar-refractivity contribution < 1.29 is 9.90 Å². The van der Waals surface area contributed by atoms with Gasteiger partial charge in [-0.3, -0.25) is 0 Å². The number of carboxylic acid groups (broad SMARTS) is 1. The summed E-state index contributed by atoms with van der Waals surface area (Å²) in [7, 11) is 0. The summed E-state index contributed by atoms with van der Waals surface area (Å²) in [6.45, 7) is 4.60. The number of nitrogens with zero attached hydrogens (tertiary/aromatic N) is 1. The van der Waals surface area contributed by atoms with Gasteiger partial charge in [-0.05, 0) is 43.2 Å². The number of halogens is 1. The Bertz CT molecular complexity index is 602. The van der Waals surface area contributed by atoms with E-state index >= 15 is 0 Å². The summed E-state index contributed by atoms with van der Waals surface area (Å²) >= 11 is 3.50. The van der Waals surface area contributed by atoms with Crippen LogP contribution in [-0.4, -0.2) is 15.6 Å². The SMILES string of the molecule is CCn1c(C(=O)O)ccc1-c1ccc(C)c(Br)c1. The van der Waals surface area contributed by atoms with E-state index in [0.29, 0.717) is 12.2 Å². The van der Waals surface area contributed by atoms with E-state index in [1.54, 1.807) is 10.6 Å². The fraction of sp³-hybridized carbons (Fsp3) is 0.214. The highest BCUT2D eigenvalue weighted by Crippen LogP contribution is 2.27. The third kappa shape index (κ3) is 2.20. The van der Waals surface area contributed by atoms with Gasteiger partial charge in [0.15, 0.2) is 0 Å². The number of hydrogen-bond acceptors (Lipinski definition) is 1. The van der Waals surface area contributed by atoms with Crippen LogP contribution in [0.25, 0.3) is 11.3 Å². The third-order valence-electron chi connectivity index (χ3n) is 2.98. The second-order valence-corrected chi connectivity index (χ2v) is 4.97. The van der Waals surface area contributed by atoms with Crippen LogP contribution in [0.15, 0.2) is 34.8 Å². The Labute approximate surface area is 114 Å². The summed E-state index contributed by atoms with van der Waals surface area (Å²) in [4.78, 5) is 11.1. The quantitative estimate of drug-likeness (QED) is 0.933. The van der Waals surface area contributed by atoms with Gasteiger partial charge in [0, 0.05) is 16.7 Å². The predicted molar refractivity (Wildman–Crippen MR) is 74.9 cm³/mol. The van der Waals surface area contributed by atoms with Gasteiger partial charge in [-0.2, -0.15) is 0 Å². The van der Waals surface area contributed by atoms with E-state index in [2.05, 4.69) is 15.9 Å². The van der Waals surface area contributed by atoms with Crippen molar-refractivity contribution in [2.75, 3.05) is 0 Å². The van der Waals surface area contributed by atoms with Crippen LogP contribution in [-0.2, 0) is 6.54 Å². The van der Waals surface area contributed by atoms with Gasteiger partial charge in [-0.15, -0.1) is 0 Å². The summed E-state index contributed by atoms with van der Waals surface area (Å²) in [6, 6.07) is 9.54. The van der Waals surface area contributed by atoms with Crippen LogP contribution >= 0.6 is 15.9 Å². The summed E-state index contributed by atoms with van der Waals surface area (Å²) in [5.41, 5.74) is 3.42. The number of carboxylic acids is 1. The highest BCUT2D eigenvalue weighted by Gasteiger charge is 2.14. The molecule has 0 unspecified atom stereocenters. The Hall–Kier alpha value is -1.55. The molecule has 94 valence electrons. The fourth-order valence-electron chi connectivity index (χ4n) is 2.00. The largest absolute Gasteiger partial charge is 0.477 e. The van der Waals surface area contributed by atoms with Gasteiger partial charge >= 0.3 is 5.97 Å². The van der Waals surface area contributed by atoms with Gasteiger partial charge in [-0.1, -0.05) is 28.1 Å². The van der Waals surface area contributed by atoms with Crippen LogP contribution in [0.3, 0.4) is 0 Å². The normalized spacial score (nSPS) is 10.6. The first kappa shape index (κ1) is 12.9. The molecule has 1 N–H and O–H groups in total. The molecule has 1 aromatic carbocycles. The molecule has 2 rings (SSSR count). The van der Waals surface area contributed by atoms with Crippen molar-refractivity contribution in [3.8, 4) is 11.3 Å². The van der Waals surface area contributed by atoms with Crippen LogP contribution in [0, 0.1) is 6.92 Å². The average Bonchev–Trinajstić information content (AvgIpc) is 2.76. The molecule has 0 aliphatic rings. The van der Waals surface area contributed by atoms with Crippen LogP contribution in [0.2, 0.25) is 0 Å². The van der Waals surface area contributed by atoms with Crippen molar-refractivity contribution >= 4 is 21.9 Å². The van der Waals surface area contributed by atoms with E-state index in [4.69, 9.17) is 5.11 Å². The van der Waals surface area contributed by atoms with Crippen molar-refractivity contribution in [1.82, 2.24) is 4.57 Å². The topological polar surface area (TPSA) is 42.2 Å². The molecule has 4 heteroatoms. The molecule has 0 atom stereocenters. The lowest BCUT2D eigenvalue weighted by Crippen LogP contribution is -2.08. The number of benzene rings is 1. The van der Waals surface area contributed by atoms with Gasteiger partial charge in [0.2, 0.25) is 0 Å². The third-order valence-corrected chi connectivity index (χ3v) is 3.84. The Morgan fingerprint density at radius 2 is 2.06 bits per heavy atom. The molecule has 2 aromatic rings. The first-order valence-electron chi connectivity index (χ1n) is 5.74. The zero-order chi connectivity index (χ0) is 13.3. The van der Waals surface area contributed by atoms with E-state index in [-0.39, 0.29) is 0 Å². The summed E-state index contributed by atoms with van der Waals surface area (Å²) in [5, 5.41) is 9.13. The fourth-order valence-corrected chi connectivity index (χ4v) is 2.38. The van der Waals surface area contributed by atoms with Crippen molar-refractivity contribution in [2.45, 2.75) is 20.4 Å². The molecule has 0 bridgehead atoms. The van der Waals surface area contributed by atoms with E-state index in [0.717, 1.165) is 21.3 Å². The van der Waals surface area contributed by atoms with Crippen molar-refractivity contribution in [1.29, 1.82) is 0 Å². The van der Waals surface area contributed by atoms with Gasteiger partial charge in [0.25, 0.3) is 0 Å². The maximum absolute atomic E-state index is 11.1.